The first-order valence-electron chi connectivity index (χ1n) is 9.89. The van der Waals surface area contributed by atoms with E-state index in [1.807, 2.05) is 24.4 Å². The number of carbonyl (C=O) groups excluding carboxylic acids is 1. The van der Waals surface area contributed by atoms with Crippen LogP contribution in [0.2, 0.25) is 0 Å². The number of aromatic amines is 1. The number of carbonyl (C=O) groups is 1. The van der Waals surface area contributed by atoms with Gasteiger partial charge in [0.1, 0.15) is 5.76 Å². The van der Waals surface area contributed by atoms with Gasteiger partial charge in [-0.25, -0.2) is 0 Å². The maximum atomic E-state index is 12.4. The molecule has 1 aliphatic rings. The average molecular weight is 365 g/mol. The highest BCUT2D eigenvalue weighted by Gasteiger charge is 2.22. The number of benzene rings is 1. The number of likely N-dealkylation sites (tertiary alicyclic amines) is 1. The summed E-state index contributed by atoms with van der Waals surface area (Å²) in [6.45, 7) is 4.95. The Bertz CT molecular complexity index is 905. The fourth-order valence-corrected chi connectivity index (χ4v) is 3.92. The number of piperidine rings is 1. The summed E-state index contributed by atoms with van der Waals surface area (Å²) in [5.41, 5.74) is 2.34. The van der Waals surface area contributed by atoms with Crippen LogP contribution in [-0.4, -0.2) is 35.4 Å². The first-order chi connectivity index (χ1) is 13.2. The zero-order valence-electron chi connectivity index (χ0n) is 15.8. The molecule has 1 atom stereocenters. The van der Waals surface area contributed by atoms with Crippen LogP contribution >= 0.6 is 0 Å². The van der Waals surface area contributed by atoms with E-state index < -0.39 is 0 Å². The fraction of sp³-hybridized carbons (Fsp3) is 0.409. The Kier molecular flexibility index (Phi) is 5.30. The number of hydrogen-bond donors (Lipinski definition) is 2. The van der Waals surface area contributed by atoms with Crippen molar-refractivity contribution >= 4 is 16.8 Å². The van der Waals surface area contributed by atoms with Gasteiger partial charge in [-0.1, -0.05) is 24.6 Å². The zero-order valence-corrected chi connectivity index (χ0v) is 15.8. The number of nitrogens with one attached hydrogen (secondary N) is 2. The molecule has 142 valence electrons. The van der Waals surface area contributed by atoms with E-state index in [0.29, 0.717) is 12.3 Å². The van der Waals surface area contributed by atoms with Crippen molar-refractivity contribution in [1.82, 2.24) is 15.2 Å². The Labute approximate surface area is 159 Å². The summed E-state index contributed by atoms with van der Waals surface area (Å²) in [5.74, 6) is 1.12. The Morgan fingerprint density at radius 2 is 2.00 bits per heavy atom. The highest BCUT2D eigenvalue weighted by molar-refractivity contribution is 5.91. The summed E-state index contributed by atoms with van der Waals surface area (Å²) >= 11 is 0. The van der Waals surface area contributed by atoms with Crippen molar-refractivity contribution in [2.24, 2.45) is 0 Å². The molecular formula is C22H27N3O2. The summed E-state index contributed by atoms with van der Waals surface area (Å²) in [6, 6.07) is 12.2. The third-order valence-corrected chi connectivity index (χ3v) is 5.56. The van der Waals surface area contributed by atoms with Crippen LogP contribution in [-0.2, 0) is 6.42 Å². The molecule has 0 aliphatic carbocycles. The second-order valence-corrected chi connectivity index (χ2v) is 7.34. The minimum absolute atomic E-state index is 0.146. The Morgan fingerprint density at radius 1 is 1.19 bits per heavy atom. The highest BCUT2D eigenvalue weighted by atomic mass is 16.4. The summed E-state index contributed by atoms with van der Waals surface area (Å²) in [4.78, 5) is 18.1. The SMILES string of the molecule is CC(c1ccc(C(=O)NCCc2c[nH]c3ccccc23)o1)N1CCCCC1. The first kappa shape index (κ1) is 17.9. The molecule has 3 heterocycles. The van der Waals surface area contributed by atoms with Gasteiger partial charge in [-0.2, -0.15) is 0 Å². The van der Waals surface area contributed by atoms with Gasteiger partial charge in [0.2, 0.25) is 0 Å². The van der Waals surface area contributed by atoms with E-state index in [1.54, 1.807) is 6.07 Å². The van der Waals surface area contributed by atoms with Crippen molar-refractivity contribution in [3.05, 3.63) is 59.7 Å². The molecule has 5 nitrogen and oxygen atoms in total. The molecule has 1 aromatic carbocycles. The Hall–Kier alpha value is -2.53. The number of fused-ring (bicyclic) bond motifs is 1. The lowest BCUT2D eigenvalue weighted by molar-refractivity contribution is 0.0917. The van der Waals surface area contributed by atoms with Crippen LogP contribution in [0.15, 0.2) is 47.0 Å². The average Bonchev–Trinajstić information content (AvgIpc) is 3.36. The van der Waals surface area contributed by atoms with Crippen LogP contribution < -0.4 is 5.32 Å². The lowest BCUT2D eigenvalue weighted by Gasteiger charge is -2.31. The van der Waals surface area contributed by atoms with Crippen molar-refractivity contribution < 1.29 is 9.21 Å². The summed E-state index contributed by atoms with van der Waals surface area (Å²) in [7, 11) is 0. The predicted octanol–water partition coefficient (Wildman–Crippen LogP) is 4.28. The van der Waals surface area contributed by atoms with Crippen LogP contribution in [0.1, 0.15) is 54.1 Å². The number of furan rings is 1. The molecule has 1 aliphatic heterocycles. The number of hydrogen-bond acceptors (Lipinski definition) is 3. The van der Waals surface area contributed by atoms with E-state index in [4.69, 9.17) is 4.42 Å². The number of aromatic nitrogens is 1. The summed E-state index contributed by atoms with van der Waals surface area (Å²) in [5, 5.41) is 4.18. The second-order valence-electron chi connectivity index (χ2n) is 7.34. The van der Waals surface area contributed by atoms with E-state index in [0.717, 1.165) is 30.8 Å². The van der Waals surface area contributed by atoms with Crippen LogP contribution in [0.4, 0.5) is 0 Å². The fourth-order valence-electron chi connectivity index (χ4n) is 3.92. The largest absolute Gasteiger partial charge is 0.454 e. The Balaban J connectivity index is 1.33. The van der Waals surface area contributed by atoms with E-state index in [1.165, 1.54) is 30.2 Å². The topological polar surface area (TPSA) is 61.3 Å². The minimum Gasteiger partial charge on any atom is -0.454 e. The molecule has 4 rings (SSSR count). The van der Waals surface area contributed by atoms with Gasteiger partial charge < -0.3 is 14.7 Å². The van der Waals surface area contributed by atoms with Gasteiger partial charge >= 0.3 is 0 Å². The number of amides is 1. The Morgan fingerprint density at radius 3 is 2.85 bits per heavy atom. The molecule has 0 saturated carbocycles. The van der Waals surface area contributed by atoms with Crippen molar-refractivity contribution in [3.63, 3.8) is 0 Å². The van der Waals surface area contributed by atoms with E-state index >= 15 is 0 Å². The lowest BCUT2D eigenvalue weighted by Crippen LogP contribution is -2.32. The van der Waals surface area contributed by atoms with Crippen LogP contribution in [0, 0.1) is 0 Å². The van der Waals surface area contributed by atoms with E-state index in [2.05, 4.69) is 34.3 Å². The molecule has 2 N–H and O–H groups in total. The highest BCUT2D eigenvalue weighted by Crippen LogP contribution is 2.25. The molecule has 2 aromatic heterocycles. The maximum absolute atomic E-state index is 12.4. The monoisotopic (exact) mass is 365 g/mol. The van der Waals surface area contributed by atoms with Gasteiger partial charge in [0.25, 0.3) is 5.91 Å². The predicted molar refractivity (Wildman–Crippen MR) is 107 cm³/mol. The molecule has 1 fully saturated rings. The number of rotatable bonds is 6. The van der Waals surface area contributed by atoms with Crippen molar-refractivity contribution in [3.8, 4) is 0 Å². The summed E-state index contributed by atoms with van der Waals surface area (Å²) < 4.78 is 5.86. The smallest absolute Gasteiger partial charge is 0.287 e. The molecular weight excluding hydrogens is 338 g/mol. The lowest BCUT2D eigenvalue weighted by atomic mass is 10.1. The number of nitrogens with zero attached hydrogens (tertiary/aromatic N) is 1. The third kappa shape index (κ3) is 3.93. The zero-order chi connectivity index (χ0) is 18.6. The number of para-hydroxylation sites is 1. The van der Waals surface area contributed by atoms with E-state index in [-0.39, 0.29) is 11.9 Å². The normalized spacial score (nSPS) is 16.5. The number of H-pyrrole nitrogens is 1. The third-order valence-electron chi connectivity index (χ3n) is 5.56. The van der Waals surface area contributed by atoms with Gasteiger partial charge in [-0.15, -0.1) is 0 Å². The van der Waals surface area contributed by atoms with Gasteiger partial charge in [0.15, 0.2) is 5.76 Å². The molecule has 0 radical (unpaired) electrons. The van der Waals surface area contributed by atoms with Crippen molar-refractivity contribution in [2.45, 2.75) is 38.6 Å². The van der Waals surface area contributed by atoms with Crippen LogP contribution in [0.25, 0.3) is 10.9 Å². The van der Waals surface area contributed by atoms with Gasteiger partial charge in [0, 0.05) is 23.6 Å². The van der Waals surface area contributed by atoms with E-state index in [9.17, 15) is 4.79 Å². The minimum atomic E-state index is -0.146. The van der Waals surface area contributed by atoms with Gasteiger partial charge in [0.05, 0.1) is 6.04 Å². The second kappa shape index (κ2) is 8.01. The molecule has 0 bridgehead atoms. The quantitative estimate of drug-likeness (QED) is 0.685. The van der Waals surface area contributed by atoms with Crippen molar-refractivity contribution in [1.29, 1.82) is 0 Å². The van der Waals surface area contributed by atoms with Gasteiger partial charge in [-0.05, 0) is 63.0 Å². The van der Waals surface area contributed by atoms with Crippen LogP contribution in [0.3, 0.4) is 0 Å². The molecule has 3 aromatic rings. The summed E-state index contributed by atoms with van der Waals surface area (Å²) in [6.07, 6.45) is 6.60. The van der Waals surface area contributed by atoms with Crippen LogP contribution in [0.5, 0.6) is 0 Å². The molecule has 27 heavy (non-hydrogen) atoms. The van der Waals surface area contributed by atoms with Crippen molar-refractivity contribution in [2.75, 3.05) is 19.6 Å². The molecule has 1 amide bonds. The standard InChI is InChI=1S/C22H27N3O2/c1-16(25-13-5-2-6-14-25)20-9-10-21(27-20)22(26)23-12-11-17-15-24-19-8-4-3-7-18(17)19/h3-4,7-10,15-16,24H,2,5-6,11-14H2,1H3,(H,23,26). The molecule has 0 spiro atoms. The molecule has 5 heteroatoms. The molecule has 1 unspecified atom stereocenters. The van der Waals surface area contributed by atoms with Gasteiger partial charge in [-0.3, -0.25) is 9.69 Å². The first-order valence-corrected chi connectivity index (χ1v) is 9.89. The maximum Gasteiger partial charge on any atom is 0.287 e. The molecule has 1 saturated heterocycles.